The van der Waals surface area contributed by atoms with Crippen LogP contribution in [0.15, 0.2) is 18.3 Å². The van der Waals surface area contributed by atoms with Gasteiger partial charge in [0.1, 0.15) is 11.4 Å². The minimum absolute atomic E-state index is 0.307. The van der Waals surface area contributed by atoms with Gasteiger partial charge in [0.05, 0.1) is 6.61 Å². The van der Waals surface area contributed by atoms with E-state index in [0.29, 0.717) is 18.0 Å². The SMILES string of the molecule is CCOC(=O)c1cccnc1NCCCC1CCCC1. The number of ether oxygens (including phenoxy) is 1. The summed E-state index contributed by atoms with van der Waals surface area (Å²) in [5.41, 5.74) is 0.523. The lowest BCUT2D eigenvalue weighted by molar-refractivity contribution is 0.0527. The van der Waals surface area contributed by atoms with Crippen molar-refractivity contribution in [2.45, 2.75) is 45.4 Å². The van der Waals surface area contributed by atoms with Gasteiger partial charge in [-0.3, -0.25) is 0 Å². The van der Waals surface area contributed by atoms with Gasteiger partial charge in [0.15, 0.2) is 0 Å². The Morgan fingerprint density at radius 1 is 1.45 bits per heavy atom. The van der Waals surface area contributed by atoms with Crippen LogP contribution in [0.25, 0.3) is 0 Å². The minimum Gasteiger partial charge on any atom is -0.462 e. The Balaban J connectivity index is 1.80. The van der Waals surface area contributed by atoms with Crippen LogP contribution in [0.4, 0.5) is 5.82 Å². The molecule has 0 saturated heterocycles. The molecular weight excluding hydrogens is 252 g/mol. The summed E-state index contributed by atoms with van der Waals surface area (Å²) in [5.74, 6) is 1.24. The highest BCUT2D eigenvalue weighted by Crippen LogP contribution is 2.28. The van der Waals surface area contributed by atoms with Crippen molar-refractivity contribution in [3.05, 3.63) is 23.9 Å². The lowest BCUT2D eigenvalue weighted by atomic mass is 10.0. The molecule has 0 atom stereocenters. The molecule has 1 aliphatic carbocycles. The number of carbonyl (C=O) groups excluding carboxylic acids is 1. The van der Waals surface area contributed by atoms with Gasteiger partial charge in [0.25, 0.3) is 0 Å². The average Bonchev–Trinajstić information content (AvgIpc) is 2.97. The molecule has 0 bridgehead atoms. The standard InChI is InChI=1S/C16H24N2O2/c1-2-20-16(19)14-10-6-12-18-15(14)17-11-5-9-13-7-3-4-8-13/h6,10,12-13H,2-5,7-9,11H2,1H3,(H,17,18). The van der Waals surface area contributed by atoms with Crippen LogP contribution in [0.5, 0.6) is 0 Å². The maximum Gasteiger partial charge on any atom is 0.341 e. The summed E-state index contributed by atoms with van der Waals surface area (Å²) in [6.07, 6.45) is 9.66. The number of aromatic nitrogens is 1. The van der Waals surface area contributed by atoms with Crippen LogP contribution in [-0.4, -0.2) is 24.1 Å². The highest BCUT2D eigenvalue weighted by atomic mass is 16.5. The summed E-state index contributed by atoms with van der Waals surface area (Å²) >= 11 is 0. The number of hydrogen-bond acceptors (Lipinski definition) is 4. The molecule has 1 aromatic heterocycles. The zero-order valence-electron chi connectivity index (χ0n) is 12.2. The number of carbonyl (C=O) groups is 1. The first kappa shape index (κ1) is 14.8. The van der Waals surface area contributed by atoms with Crippen LogP contribution in [0.1, 0.15) is 55.8 Å². The molecular formula is C16H24N2O2. The maximum atomic E-state index is 11.8. The van der Waals surface area contributed by atoms with Crippen molar-refractivity contribution in [3.8, 4) is 0 Å². The van der Waals surface area contributed by atoms with Crippen LogP contribution in [0, 0.1) is 5.92 Å². The van der Waals surface area contributed by atoms with E-state index in [4.69, 9.17) is 4.74 Å². The molecule has 1 N–H and O–H groups in total. The normalized spacial score (nSPS) is 15.2. The smallest absolute Gasteiger partial charge is 0.341 e. The molecule has 0 unspecified atom stereocenters. The van der Waals surface area contributed by atoms with Gasteiger partial charge in [-0.05, 0) is 37.8 Å². The average molecular weight is 276 g/mol. The Labute approximate surface area is 120 Å². The lowest BCUT2D eigenvalue weighted by Crippen LogP contribution is -2.12. The maximum absolute atomic E-state index is 11.8. The molecule has 1 aromatic rings. The van der Waals surface area contributed by atoms with Gasteiger partial charge >= 0.3 is 5.97 Å². The van der Waals surface area contributed by atoms with E-state index < -0.39 is 0 Å². The third kappa shape index (κ3) is 4.22. The van der Waals surface area contributed by atoms with Crippen LogP contribution < -0.4 is 5.32 Å². The third-order valence-electron chi connectivity index (χ3n) is 3.86. The fourth-order valence-corrected chi connectivity index (χ4v) is 2.82. The van der Waals surface area contributed by atoms with Crippen molar-refractivity contribution in [1.82, 2.24) is 4.98 Å². The minimum atomic E-state index is -0.307. The fraction of sp³-hybridized carbons (Fsp3) is 0.625. The third-order valence-corrected chi connectivity index (χ3v) is 3.86. The molecule has 0 aromatic carbocycles. The van der Waals surface area contributed by atoms with Gasteiger partial charge in [0.2, 0.25) is 0 Å². The van der Waals surface area contributed by atoms with Crippen LogP contribution in [0.2, 0.25) is 0 Å². The van der Waals surface area contributed by atoms with Crippen LogP contribution in [-0.2, 0) is 4.74 Å². The van der Waals surface area contributed by atoms with E-state index in [9.17, 15) is 4.79 Å². The van der Waals surface area contributed by atoms with E-state index in [1.807, 2.05) is 6.92 Å². The monoisotopic (exact) mass is 276 g/mol. The predicted molar refractivity (Wildman–Crippen MR) is 79.9 cm³/mol. The van der Waals surface area contributed by atoms with E-state index in [1.54, 1.807) is 18.3 Å². The number of nitrogens with one attached hydrogen (secondary N) is 1. The number of esters is 1. The van der Waals surface area contributed by atoms with Crippen molar-refractivity contribution in [2.24, 2.45) is 5.92 Å². The van der Waals surface area contributed by atoms with E-state index in [-0.39, 0.29) is 5.97 Å². The van der Waals surface area contributed by atoms with E-state index >= 15 is 0 Å². The number of rotatable bonds is 7. The molecule has 4 heteroatoms. The molecule has 1 aliphatic rings. The summed E-state index contributed by atoms with van der Waals surface area (Å²) in [5, 5.41) is 3.26. The summed E-state index contributed by atoms with van der Waals surface area (Å²) in [7, 11) is 0. The van der Waals surface area contributed by atoms with Crippen LogP contribution >= 0.6 is 0 Å². The number of nitrogens with zero attached hydrogens (tertiary/aromatic N) is 1. The number of hydrogen-bond donors (Lipinski definition) is 1. The first-order valence-corrected chi connectivity index (χ1v) is 7.67. The first-order chi connectivity index (χ1) is 9.81. The number of anilines is 1. The molecule has 4 nitrogen and oxygen atoms in total. The summed E-state index contributed by atoms with van der Waals surface area (Å²) in [6, 6.07) is 3.51. The second-order valence-electron chi connectivity index (χ2n) is 5.34. The van der Waals surface area contributed by atoms with Crippen molar-refractivity contribution in [2.75, 3.05) is 18.5 Å². The fourth-order valence-electron chi connectivity index (χ4n) is 2.82. The van der Waals surface area contributed by atoms with E-state index in [1.165, 1.54) is 32.1 Å². The second-order valence-corrected chi connectivity index (χ2v) is 5.34. The number of pyridine rings is 1. The van der Waals surface area contributed by atoms with Crippen molar-refractivity contribution < 1.29 is 9.53 Å². The van der Waals surface area contributed by atoms with Crippen LogP contribution in [0.3, 0.4) is 0 Å². The zero-order chi connectivity index (χ0) is 14.2. The molecule has 1 heterocycles. The molecule has 2 rings (SSSR count). The molecule has 110 valence electrons. The molecule has 1 saturated carbocycles. The predicted octanol–water partition coefficient (Wildman–Crippen LogP) is 3.64. The summed E-state index contributed by atoms with van der Waals surface area (Å²) in [6.45, 7) is 3.05. The summed E-state index contributed by atoms with van der Waals surface area (Å²) < 4.78 is 5.04. The van der Waals surface area contributed by atoms with Gasteiger partial charge in [0, 0.05) is 12.7 Å². The Bertz CT molecular complexity index is 428. The van der Waals surface area contributed by atoms with E-state index in [2.05, 4.69) is 10.3 Å². The molecule has 0 radical (unpaired) electrons. The van der Waals surface area contributed by atoms with Gasteiger partial charge in [-0.25, -0.2) is 9.78 Å². The first-order valence-electron chi connectivity index (χ1n) is 7.67. The van der Waals surface area contributed by atoms with Crippen molar-refractivity contribution in [3.63, 3.8) is 0 Å². The molecule has 0 aliphatic heterocycles. The Morgan fingerprint density at radius 2 is 2.25 bits per heavy atom. The largest absolute Gasteiger partial charge is 0.462 e. The summed E-state index contributed by atoms with van der Waals surface area (Å²) in [4.78, 5) is 16.0. The molecule has 20 heavy (non-hydrogen) atoms. The van der Waals surface area contributed by atoms with Crippen molar-refractivity contribution in [1.29, 1.82) is 0 Å². The van der Waals surface area contributed by atoms with Crippen molar-refractivity contribution >= 4 is 11.8 Å². The molecule has 1 fully saturated rings. The topological polar surface area (TPSA) is 51.2 Å². The molecule has 0 amide bonds. The second kappa shape index (κ2) is 7.88. The zero-order valence-corrected chi connectivity index (χ0v) is 12.2. The van der Waals surface area contributed by atoms with E-state index in [0.717, 1.165) is 18.9 Å². The Morgan fingerprint density at radius 3 is 3.00 bits per heavy atom. The highest BCUT2D eigenvalue weighted by Gasteiger charge is 2.15. The quantitative estimate of drug-likeness (QED) is 0.610. The van der Waals surface area contributed by atoms with Gasteiger partial charge in [-0.15, -0.1) is 0 Å². The van der Waals surface area contributed by atoms with Gasteiger partial charge < -0.3 is 10.1 Å². The Kier molecular flexibility index (Phi) is 5.84. The molecule has 0 spiro atoms. The van der Waals surface area contributed by atoms with Gasteiger partial charge in [-0.2, -0.15) is 0 Å². The lowest BCUT2D eigenvalue weighted by Gasteiger charge is -2.11. The Hall–Kier alpha value is -1.58. The highest BCUT2D eigenvalue weighted by molar-refractivity contribution is 5.94. The van der Waals surface area contributed by atoms with Gasteiger partial charge in [-0.1, -0.05) is 25.7 Å².